The van der Waals surface area contributed by atoms with Crippen molar-refractivity contribution < 1.29 is 13.2 Å². The Balaban J connectivity index is 3.05. The minimum atomic E-state index is -3.87. The van der Waals surface area contributed by atoms with Gasteiger partial charge in [-0.25, -0.2) is 8.42 Å². The van der Waals surface area contributed by atoms with Crippen molar-refractivity contribution >= 4 is 21.6 Å². The molecule has 1 aromatic carbocycles. The Labute approximate surface area is 118 Å². The molecule has 0 saturated carbocycles. The predicted molar refractivity (Wildman–Crippen MR) is 74.1 cm³/mol. The van der Waals surface area contributed by atoms with Gasteiger partial charge in [-0.2, -0.15) is 9.57 Å². The Kier molecular flexibility index (Phi) is 5.07. The molecule has 1 rings (SSSR count). The zero-order valence-corrected chi connectivity index (χ0v) is 12.1. The number of carbonyl (C=O) groups excluding carboxylic acids is 1. The highest BCUT2D eigenvalue weighted by atomic mass is 32.2. The van der Waals surface area contributed by atoms with Crippen molar-refractivity contribution in [3.63, 3.8) is 0 Å². The zero-order valence-electron chi connectivity index (χ0n) is 11.3. The van der Waals surface area contributed by atoms with Gasteiger partial charge in [-0.05, 0) is 25.1 Å². The molecule has 0 atom stereocenters. The van der Waals surface area contributed by atoms with Crippen LogP contribution in [0.3, 0.4) is 0 Å². The maximum Gasteiger partial charge on any atom is 0.245 e. The van der Waals surface area contributed by atoms with E-state index < -0.39 is 15.9 Å². The Bertz CT molecular complexity index is 649. The fraction of sp³-hybridized carbons (Fsp3) is 0.333. The van der Waals surface area contributed by atoms with E-state index in [0.717, 1.165) is 4.31 Å². The second-order valence-corrected chi connectivity index (χ2v) is 6.09. The van der Waals surface area contributed by atoms with Gasteiger partial charge in [-0.15, -0.1) is 0 Å². The van der Waals surface area contributed by atoms with Crippen LogP contribution >= 0.6 is 0 Å². The third-order valence-electron chi connectivity index (χ3n) is 2.57. The molecule has 20 heavy (non-hydrogen) atoms. The van der Waals surface area contributed by atoms with E-state index in [9.17, 15) is 13.2 Å². The lowest BCUT2D eigenvalue weighted by Gasteiger charge is -2.17. The van der Waals surface area contributed by atoms with Crippen molar-refractivity contribution in [3.05, 3.63) is 23.8 Å². The summed E-state index contributed by atoms with van der Waals surface area (Å²) >= 11 is 0. The lowest BCUT2D eigenvalue weighted by atomic mass is 10.2. The van der Waals surface area contributed by atoms with Gasteiger partial charge >= 0.3 is 0 Å². The highest BCUT2D eigenvalue weighted by molar-refractivity contribution is 7.89. The largest absolute Gasteiger partial charge is 0.398 e. The third kappa shape index (κ3) is 3.46. The molecule has 0 aliphatic rings. The van der Waals surface area contributed by atoms with Crippen molar-refractivity contribution in [1.82, 2.24) is 9.62 Å². The Morgan fingerprint density at radius 2 is 2.15 bits per heavy atom. The van der Waals surface area contributed by atoms with Crippen LogP contribution in [-0.4, -0.2) is 38.8 Å². The second kappa shape index (κ2) is 6.36. The van der Waals surface area contributed by atoms with Crippen molar-refractivity contribution in [1.29, 1.82) is 5.26 Å². The first-order valence-electron chi connectivity index (χ1n) is 5.85. The van der Waals surface area contributed by atoms with Gasteiger partial charge in [-0.3, -0.25) is 4.79 Å². The average molecular weight is 296 g/mol. The summed E-state index contributed by atoms with van der Waals surface area (Å²) in [5, 5.41) is 11.2. The number of nitrogens with zero attached hydrogens (tertiary/aromatic N) is 2. The molecule has 0 spiro atoms. The topological polar surface area (TPSA) is 116 Å². The van der Waals surface area contributed by atoms with E-state index in [1.165, 1.54) is 25.2 Å². The molecule has 0 radical (unpaired) electrons. The van der Waals surface area contributed by atoms with Gasteiger partial charge in [0.2, 0.25) is 15.9 Å². The van der Waals surface area contributed by atoms with Crippen LogP contribution in [0.5, 0.6) is 0 Å². The normalized spacial score (nSPS) is 11.1. The maximum atomic E-state index is 12.3. The molecular formula is C12H16N4O3S. The fourth-order valence-corrected chi connectivity index (χ4v) is 2.78. The quantitative estimate of drug-likeness (QED) is 0.736. The van der Waals surface area contributed by atoms with Gasteiger partial charge in [0.1, 0.15) is 4.90 Å². The first-order valence-corrected chi connectivity index (χ1v) is 7.29. The molecule has 8 heteroatoms. The number of anilines is 1. The van der Waals surface area contributed by atoms with Gasteiger partial charge < -0.3 is 11.1 Å². The third-order valence-corrected chi connectivity index (χ3v) is 4.44. The molecule has 108 valence electrons. The number of nitrogens with two attached hydrogens (primary N) is 1. The molecule has 3 N–H and O–H groups in total. The highest BCUT2D eigenvalue weighted by Crippen LogP contribution is 2.22. The fourth-order valence-electron chi connectivity index (χ4n) is 1.56. The number of rotatable bonds is 5. The van der Waals surface area contributed by atoms with Gasteiger partial charge in [0.05, 0.1) is 23.9 Å². The molecule has 0 aromatic heterocycles. The smallest absolute Gasteiger partial charge is 0.245 e. The van der Waals surface area contributed by atoms with Crippen LogP contribution in [0.4, 0.5) is 5.69 Å². The predicted octanol–water partition coefficient (Wildman–Crippen LogP) is -0.103. The minimum Gasteiger partial charge on any atom is -0.398 e. The second-order valence-electron chi connectivity index (χ2n) is 4.08. The van der Waals surface area contributed by atoms with E-state index in [0.29, 0.717) is 6.54 Å². The summed E-state index contributed by atoms with van der Waals surface area (Å²) in [5.74, 6) is -0.397. The summed E-state index contributed by atoms with van der Waals surface area (Å²) in [5.41, 5.74) is 5.90. The highest BCUT2D eigenvalue weighted by Gasteiger charge is 2.25. The summed E-state index contributed by atoms with van der Waals surface area (Å²) in [6.07, 6.45) is 0. The standard InChI is InChI=1S/C12H16N4O3S/c1-3-15-12(17)8-16(2)20(18,19)11-5-4-9(7-13)6-10(11)14/h4-6H,3,8,14H2,1-2H3,(H,15,17). The van der Waals surface area contributed by atoms with E-state index >= 15 is 0 Å². The van der Waals surface area contributed by atoms with E-state index in [1.54, 1.807) is 6.92 Å². The van der Waals surface area contributed by atoms with E-state index in [2.05, 4.69) is 5.32 Å². The number of nitriles is 1. The summed E-state index contributed by atoms with van der Waals surface area (Å²) < 4.78 is 25.5. The zero-order chi connectivity index (χ0) is 15.3. The number of amides is 1. The average Bonchev–Trinajstić information content (AvgIpc) is 2.38. The molecule has 1 aromatic rings. The summed E-state index contributed by atoms with van der Waals surface area (Å²) in [6.45, 7) is 1.87. The molecule has 1 amide bonds. The number of sulfonamides is 1. The minimum absolute atomic E-state index is 0.0215. The van der Waals surface area contributed by atoms with Crippen LogP contribution in [0, 0.1) is 11.3 Å². The molecule has 0 fully saturated rings. The monoisotopic (exact) mass is 296 g/mol. The molecule has 0 bridgehead atoms. The van der Waals surface area contributed by atoms with E-state index in [1.807, 2.05) is 6.07 Å². The summed E-state index contributed by atoms with van der Waals surface area (Å²) in [7, 11) is -2.58. The number of carbonyl (C=O) groups is 1. The summed E-state index contributed by atoms with van der Waals surface area (Å²) in [6, 6.07) is 5.78. The number of hydrogen-bond acceptors (Lipinski definition) is 5. The van der Waals surface area contributed by atoms with Crippen LogP contribution in [0.15, 0.2) is 23.1 Å². The van der Waals surface area contributed by atoms with Gasteiger partial charge in [-0.1, -0.05) is 0 Å². The van der Waals surface area contributed by atoms with Crippen LogP contribution < -0.4 is 11.1 Å². The van der Waals surface area contributed by atoms with Crippen molar-refractivity contribution in [2.24, 2.45) is 0 Å². The lowest BCUT2D eigenvalue weighted by Crippen LogP contribution is -2.38. The number of benzene rings is 1. The van der Waals surface area contributed by atoms with E-state index in [4.69, 9.17) is 11.0 Å². The SMILES string of the molecule is CCNC(=O)CN(C)S(=O)(=O)c1ccc(C#N)cc1N. The first kappa shape index (κ1) is 15.9. The molecule has 0 aliphatic heterocycles. The maximum absolute atomic E-state index is 12.3. The first-order chi connectivity index (χ1) is 9.32. The number of hydrogen-bond donors (Lipinski definition) is 2. The van der Waals surface area contributed by atoms with Gasteiger partial charge in [0.25, 0.3) is 0 Å². The molecule has 7 nitrogen and oxygen atoms in total. The molecule has 0 saturated heterocycles. The van der Waals surface area contributed by atoms with Crippen molar-refractivity contribution in [3.8, 4) is 6.07 Å². The molecule has 0 aliphatic carbocycles. The molecular weight excluding hydrogens is 280 g/mol. The van der Waals surface area contributed by atoms with Crippen LogP contribution in [-0.2, 0) is 14.8 Å². The Morgan fingerprint density at radius 3 is 2.65 bits per heavy atom. The van der Waals surface area contributed by atoms with Crippen molar-refractivity contribution in [2.45, 2.75) is 11.8 Å². The van der Waals surface area contributed by atoms with Crippen LogP contribution in [0.2, 0.25) is 0 Å². The summed E-state index contributed by atoms with van der Waals surface area (Å²) in [4.78, 5) is 11.3. The van der Waals surface area contributed by atoms with Crippen LogP contribution in [0.25, 0.3) is 0 Å². The lowest BCUT2D eigenvalue weighted by molar-refractivity contribution is -0.121. The Morgan fingerprint density at radius 1 is 1.50 bits per heavy atom. The van der Waals surface area contributed by atoms with Gasteiger partial charge in [0, 0.05) is 13.6 Å². The number of nitrogens with one attached hydrogen (secondary N) is 1. The van der Waals surface area contributed by atoms with Gasteiger partial charge in [0.15, 0.2) is 0 Å². The molecule has 0 unspecified atom stereocenters. The van der Waals surface area contributed by atoms with Crippen LogP contribution in [0.1, 0.15) is 12.5 Å². The number of likely N-dealkylation sites (N-methyl/N-ethyl adjacent to an activating group) is 2. The number of nitrogen functional groups attached to an aromatic ring is 1. The molecule has 0 heterocycles. The van der Waals surface area contributed by atoms with Crippen molar-refractivity contribution in [2.75, 3.05) is 25.9 Å². The van der Waals surface area contributed by atoms with E-state index in [-0.39, 0.29) is 22.7 Å². The Hall–Kier alpha value is -2.11.